The molecular formula is C9H8N2O. The predicted molar refractivity (Wildman–Crippen MR) is 47.4 cm³/mol. The highest BCUT2D eigenvalue weighted by Gasteiger charge is 2.05. The lowest BCUT2D eigenvalue weighted by Crippen LogP contribution is -2.09. The molecule has 0 fully saturated rings. The summed E-state index contributed by atoms with van der Waals surface area (Å²) >= 11 is 0. The van der Waals surface area contributed by atoms with Gasteiger partial charge in [0.2, 0.25) is 0 Å². The van der Waals surface area contributed by atoms with Crippen LogP contribution in [0.4, 0.5) is 5.69 Å². The third-order valence-electron chi connectivity index (χ3n) is 1.69. The first-order valence-electron chi connectivity index (χ1n) is 3.65. The van der Waals surface area contributed by atoms with Crippen LogP contribution in [0.5, 0.6) is 0 Å². The van der Waals surface area contributed by atoms with Crippen LogP contribution in [0.3, 0.4) is 0 Å². The lowest BCUT2D eigenvalue weighted by Gasteiger charge is -2.11. The van der Waals surface area contributed by atoms with E-state index < -0.39 is 0 Å². The molecule has 0 aromatic heterocycles. The van der Waals surface area contributed by atoms with E-state index >= 15 is 0 Å². The van der Waals surface area contributed by atoms with Gasteiger partial charge in [-0.15, -0.1) is 0 Å². The third-order valence-corrected chi connectivity index (χ3v) is 1.69. The molecule has 1 heterocycles. The average molecular weight is 160 g/mol. The molecule has 0 atom stereocenters. The Bertz CT molecular complexity index is 344. The Balaban J connectivity index is 2.56. The summed E-state index contributed by atoms with van der Waals surface area (Å²) < 4.78 is 0. The molecule has 3 nitrogen and oxygen atoms in total. The van der Waals surface area contributed by atoms with Crippen molar-refractivity contribution in [2.45, 2.75) is 0 Å². The van der Waals surface area contributed by atoms with Crippen molar-refractivity contribution in [3.63, 3.8) is 0 Å². The number of rotatable bonds is 0. The van der Waals surface area contributed by atoms with E-state index in [1.54, 1.807) is 12.4 Å². The van der Waals surface area contributed by atoms with Gasteiger partial charge < -0.3 is 0 Å². The first kappa shape index (κ1) is 7.06. The molecule has 0 saturated heterocycles. The van der Waals surface area contributed by atoms with Crippen molar-refractivity contribution >= 4 is 11.9 Å². The topological polar surface area (TPSA) is 35.8 Å². The smallest absolute Gasteiger partial charge is 0.0774 e. The largest absolute Gasteiger partial charge is 0.284 e. The SMILES string of the molecule is ON1C=CN=Cc2ccccc21. The van der Waals surface area contributed by atoms with Gasteiger partial charge in [0.15, 0.2) is 0 Å². The fraction of sp³-hybridized carbons (Fsp3) is 0. The third kappa shape index (κ3) is 1.10. The summed E-state index contributed by atoms with van der Waals surface area (Å²) in [6.45, 7) is 0. The highest BCUT2D eigenvalue weighted by molar-refractivity contribution is 5.88. The summed E-state index contributed by atoms with van der Waals surface area (Å²) in [6, 6.07) is 7.51. The number of fused-ring (bicyclic) bond motifs is 1. The second-order valence-corrected chi connectivity index (χ2v) is 2.48. The number of nitrogens with zero attached hydrogens (tertiary/aromatic N) is 2. The highest BCUT2D eigenvalue weighted by Crippen LogP contribution is 2.18. The molecule has 1 aromatic carbocycles. The lowest BCUT2D eigenvalue weighted by atomic mass is 10.2. The van der Waals surface area contributed by atoms with Crippen LogP contribution in [0.25, 0.3) is 0 Å². The van der Waals surface area contributed by atoms with E-state index in [1.165, 1.54) is 6.20 Å². The number of hydrogen-bond acceptors (Lipinski definition) is 3. The van der Waals surface area contributed by atoms with Crippen molar-refractivity contribution < 1.29 is 5.21 Å². The van der Waals surface area contributed by atoms with Crippen LogP contribution >= 0.6 is 0 Å². The van der Waals surface area contributed by atoms with Gasteiger partial charge in [-0.2, -0.15) is 0 Å². The number of benzene rings is 1. The second kappa shape index (κ2) is 2.79. The molecule has 1 N–H and O–H groups in total. The van der Waals surface area contributed by atoms with E-state index in [0.717, 1.165) is 16.3 Å². The zero-order valence-electron chi connectivity index (χ0n) is 6.38. The second-order valence-electron chi connectivity index (χ2n) is 2.48. The van der Waals surface area contributed by atoms with E-state index in [-0.39, 0.29) is 0 Å². The molecule has 0 radical (unpaired) electrons. The molecule has 12 heavy (non-hydrogen) atoms. The molecule has 0 amide bonds. The summed E-state index contributed by atoms with van der Waals surface area (Å²) in [7, 11) is 0. The van der Waals surface area contributed by atoms with Gasteiger partial charge in [0.25, 0.3) is 0 Å². The summed E-state index contributed by atoms with van der Waals surface area (Å²) in [5, 5.41) is 10.5. The maximum atomic E-state index is 9.41. The van der Waals surface area contributed by atoms with Gasteiger partial charge in [-0.05, 0) is 6.07 Å². The molecular weight excluding hydrogens is 152 g/mol. The highest BCUT2D eigenvalue weighted by atomic mass is 16.5. The van der Waals surface area contributed by atoms with E-state index in [4.69, 9.17) is 0 Å². The summed E-state index contributed by atoms with van der Waals surface area (Å²) in [6.07, 6.45) is 4.75. The monoisotopic (exact) mass is 160 g/mol. The molecule has 60 valence electrons. The normalized spacial score (nSPS) is 14.2. The number of aliphatic imine (C=N–C) groups is 1. The Labute approximate surface area is 70.2 Å². The number of para-hydroxylation sites is 1. The summed E-state index contributed by atoms with van der Waals surface area (Å²) in [5.74, 6) is 0. The summed E-state index contributed by atoms with van der Waals surface area (Å²) in [4.78, 5) is 3.96. The van der Waals surface area contributed by atoms with Crippen molar-refractivity contribution in [1.29, 1.82) is 0 Å². The minimum atomic E-state index is 0.745. The minimum absolute atomic E-state index is 0.745. The fourth-order valence-electron chi connectivity index (χ4n) is 1.11. The Morgan fingerprint density at radius 3 is 3.00 bits per heavy atom. The molecule has 1 aliphatic heterocycles. The predicted octanol–water partition coefficient (Wildman–Crippen LogP) is 1.79. The van der Waals surface area contributed by atoms with Crippen LogP contribution in [0.2, 0.25) is 0 Å². The van der Waals surface area contributed by atoms with E-state index in [2.05, 4.69) is 4.99 Å². The van der Waals surface area contributed by atoms with E-state index in [0.29, 0.717) is 0 Å². The van der Waals surface area contributed by atoms with Crippen molar-refractivity contribution in [3.05, 3.63) is 42.2 Å². The average Bonchev–Trinajstić information content (AvgIpc) is 2.29. The van der Waals surface area contributed by atoms with Gasteiger partial charge in [-0.25, -0.2) is 5.06 Å². The molecule has 2 rings (SSSR count). The van der Waals surface area contributed by atoms with Gasteiger partial charge in [-0.3, -0.25) is 10.2 Å². The van der Waals surface area contributed by atoms with Crippen molar-refractivity contribution in [3.8, 4) is 0 Å². The summed E-state index contributed by atoms with van der Waals surface area (Å²) in [5.41, 5.74) is 1.65. The van der Waals surface area contributed by atoms with Gasteiger partial charge in [0, 0.05) is 18.0 Å². The lowest BCUT2D eigenvalue weighted by molar-refractivity contribution is 0.296. The maximum Gasteiger partial charge on any atom is 0.0774 e. The van der Waals surface area contributed by atoms with Gasteiger partial charge >= 0.3 is 0 Å². The number of hydrogen-bond donors (Lipinski definition) is 1. The van der Waals surface area contributed by atoms with Crippen LogP contribution in [0.15, 0.2) is 41.7 Å². The van der Waals surface area contributed by atoms with Gasteiger partial charge in [0.05, 0.1) is 11.9 Å². The van der Waals surface area contributed by atoms with Crippen molar-refractivity contribution in [1.82, 2.24) is 0 Å². The Kier molecular flexibility index (Phi) is 1.64. The number of hydroxylamine groups is 1. The minimum Gasteiger partial charge on any atom is -0.284 e. The van der Waals surface area contributed by atoms with Gasteiger partial charge in [-0.1, -0.05) is 18.2 Å². The fourth-order valence-corrected chi connectivity index (χ4v) is 1.11. The first-order valence-corrected chi connectivity index (χ1v) is 3.65. The molecule has 0 spiro atoms. The Morgan fingerprint density at radius 2 is 2.08 bits per heavy atom. The number of anilines is 1. The molecule has 3 heteroatoms. The Morgan fingerprint density at radius 1 is 1.25 bits per heavy atom. The van der Waals surface area contributed by atoms with Crippen molar-refractivity contribution in [2.24, 2.45) is 4.99 Å². The quantitative estimate of drug-likeness (QED) is 0.628. The van der Waals surface area contributed by atoms with Crippen molar-refractivity contribution in [2.75, 3.05) is 5.06 Å². The van der Waals surface area contributed by atoms with Crippen LogP contribution in [-0.4, -0.2) is 11.4 Å². The first-order chi connectivity index (χ1) is 5.88. The van der Waals surface area contributed by atoms with Crippen LogP contribution in [0, 0.1) is 0 Å². The zero-order valence-corrected chi connectivity index (χ0v) is 6.38. The molecule has 0 bridgehead atoms. The van der Waals surface area contributed by atoms with Gasteiger partial charge in [0.1, 0.15) is 0 Å². The van der Waals surface area contributed by atoms with E-state index in [9.17, 15) is 5.21 Å². The zero-order chi connectivity index (χ0) is 8.39. The van der Waals surface area contributed by atoms with Crippen LogP contribution in [0.1, 0.15) is 5.56 Å². The maximum absolute atomic E-state index is 9.41. The Hall–Kier alpha value is -1.61. The molecule has 1 aromatic rings. The molecule has 0 saturated carbocycles. The van der Waals surface area contributed by atoms with Crippen LogP contribution in [-0.2, 0) is 0 Å². The van der Waals surface area contributed by atoms with E-state index in [1.807, 2.05) is 24.3 Å². The molecule has 0 unspecified atom stereocenters. The van der Waals surface area contributed by atoms with Crippen LogP contribution < -0.4 is 5.06 Å². The molecule has 1 aliphatic rings. The standard InChI is InChI=1S/C9H8N2O/c12-11-6-5-10-7-8-3-1-2-4-9(8)11/h1-7,12H. The molecule has 0 aliphatic carbocycles.